The summed E-state index contributed by atoms with van der Waals surface area (Å²) in [5, 5.41) is 9.46. The number of aliphatic hydroxyl groups excluding tert-OH is 1. The Labute approximate surface area is 71.5 Å². The van der Waals surface area contributed by atoms with Gasteiger partial charge in [0.1, 0.15) is 4.87 Å². The minimum absolute atomic E-state index is 0.237. The smallest absolute Gasteiger partial charge is 0.174 e. The maximum atomic E-state index is 9.46. The van der Waals surface area contributed by atoms with Crippen LogP contribution in [0.2, 0.25) is 0 Å². The van der Waals surface area contributed by atoms with Crippen molar-refractivity contribution in [3.63, 3.8) is 0 Å². The van der Waals surface area contributed by atoms with E-state index in [9.17, 15) is 5.11 Å². The van der Waals surface area contributed by atoms with Gasteiger partial charge in [0.25, 0.3) is 0 Å². The molecule has 2 fully saturated rings. The molecule has 1 saturated carbocycles. The molecule has 1 heterocycles. The van der Waals surface area contributed by atoms with E-state index in [2.05, 4.69) is 0 Å². The van der Waals surface area contributed by atoms with Gasteiger partial charge in [-0.25, -0.2) is 0 Å². The van der Waals surface area contributed by atoms with Gasteiger partial charge in [-0.3, -0.25) is 0 Å². The Kier molecular flexibility index (Phi) is 1.37. The van der Waals surface area contributed by atoms with E-state index in [4.69, 9.17) is 16.3 Å². The Bertz CT molecular complexity index is 193. The lowest BCUT2D eigenvalue weighted by Crippen LogP contribution is -2.49. The number of alkyl halides is 1. The van der Waals surface area contributed by atoms with Crippen molar-refractivity contribution >= 4 is 11.6 Å². The first-order valence-corrected chi connectivity index (χ1v) is 4.39. The minimum Gasteiger partial charge on any atom is -0.366 e. The third-order valence-electron chi connectivity index (χ3n) is 3.06. The molecule has 0 aromatic rings. The second-order valence-corrected chi connectivity index (χ2v) is 4.80. The van der Waals surface area contributed by atoms with Crippen molar-refractivity contribution in [2.45, 2.75) is 43.5 Å². The van der Waals surface area contributed by atoms with Crippen molar-refractivity contribution in [2.75, 3.05) is 0 Å². The monoisotopic (exact) mass is 176 g/mol. The Morgan fingerprint density at radius 1 is 1.55 bits per heavy atom. The van der Waals surface area contributed by atoms with Crippen LogP contribution < -0.4 is 0 Å². The van der Waals surface area contributed by atoms with Crippen LogP contribution in [-0.4, -0.2) is 21.9 Å². The molecule has 0 aromatic carbocycles. The van der Waals surface area contributed by atoms with Gasteiger partial charge in [-0.2, -0.15) is 0 Å². The van der Waals surface area contributed by atoms with Crippen LogP contribution in [0.25, 0.3) is 0 Å². The maximum Gasteiger partial charge on any atom is 0.174 e. The fourth-order valence-corrected chi connectivity index (χ4v) is 2.78. The van der Waals surface area contributed by atoms with Gasteiger partial charge in [0.2, 0.25) is 0 Å². The quantitative estimate of drug-likeness (QED) is 0.567. The summed E-state index contributed by atoms with van der Waals surface area (Å²) in [6, 6.07) is 0. The van der Waals surface area contributed by atoms with Crippen molar-refractivity contribution in [3.8, 4) is 0 Å². The van der Waals surface area contributed by atoms with Crippen LogP contribution in [0.3, 0.4) is 0 Å². The van der Waals surface area contributed by atoms with E-state index in [0.717, 1.165) is 12.8 Å². The van der Waals surface area contributed by atoms with Gasteiger partial charge in [0, 0.05) is 5.92 Å². The van der Waals surface area contributed by atoms with Crippen molar-refractivity contribution in [3.05, 3.63) is 0 Å². The van der Waals surface area contributed by atoms with Crippen molar-refractivity contribution in [2.24, 2.45) is 5.92 Å². The van der Waals surface area contributed by atoms with Crippen LogP contribution in [0, 0.1) is 5.92 Å². The zero-order chi connectivity index (χ0) is 8.28. The van der Waals surface area contributed by atoms with Gasteiger partial charge in [-0.1, -0.05) is 0 Å². The average molecular weight is 177 g/mol. The highest BCUT2D eigenvalue weighted by Crippen LogP contribution is 2.58. The normalized spacial score (nSPS) is 53.5. The highest BCUT2D eigenvalue weighted by molar-refractivity contribution is 6.25. The van der Waals surface area contributed by atoms with Gasteiger partial charge in [0.15, 0.2) is 6.29 Å². The number of aliphatic hydroxyl groups is 1. The maximum absolute atomic E-state index is 9.46. The Morgan fingerprint density at radius 2 is 2.18 bits per heavy atom. The minimum atomic E-state index is -0.766. The van der Waals surface area contributed by atoms with Crippen LogP contribution in [0.15, 0.2) is 0 Å². The number of hydrogen-bond donors (Lipinski definition) is 1. The molecule has 1 aliphatic carbocycles. The van der Waals surface area contributed by atoms with Gasteiger partial charge in [0.05, 0.1) is 5.60 Å². The highest BCUT2D eigenvalue weighted by Gasteiger charge is 2.64. The Morgan fingerprint density at radius 3 is 2.36 bits per heavy atom. The van der Waals surface area contributed by atoms with Crippen molar-refractivity contribution < 1.29 is 9.84 Å². The predicted octanol–water partition coefficient (Wildman–Crippen LogP) is 1.50. The molecule has 0 amide bonds. The summed E-state index contributed by atoms with van der Waals surface area (Å²) in [5.74, 6) is 0.326. The molecule has 0 aromatic heterocycles. The lowest BCUT2D eigenvalue weighted by molar-refractivity contribution is -0.130. The summed E-state index contributed by atoms with van der Waals surface area (Å²) < 4.78 is 5.36. The average Bonchev–Trinajstić information content (AvgIpc) is 1.88. The van der Waals surface area contributed by atoms with Gasteiger partial charge in [-0.05, 0) is 26.7 Å². The molecular formula is C8H13ClO2. The number of ether oxygens (including phenoxy) is 1. The van der Waals surface area contributed by atoms with E-state index < -0.39 is 11.2 Å². The molecule has 11 heavy (non-hydrogen) atoms. The number of rotatable bonds is 0. The van der Waals surface area contributed by atoms with E-state index in [1.165, 1.54) is 0 Å². The Balaban J connectivity index is 2.28. The molecule has 64 valence electrons. The third kappa shape index (κ3) is 0.807. The Hall–Kier alpha value is 0.210. The van der Waals surface area contributed by atoms with E-state index in [1.54, 1.807) is 0 Å². The van der Waals surface area contributed by atoms with Gasteiger partial charge in [-0.15, -0.1) is 11.6 Å². The lowest BCUT2D eigenvalue weighted by atomic mass is 9.67. The number of fused-ring (bicyclic) bond motifs is 1. The first kappa shape index (κ1) is 7.84. The van der Waals surface area contributed by atoms with E-state index >= 15 is 0 Å². The SMILES string of the molecule is CC1(C)O[C@H](O)[C@]2(Cl)CC[C@H]12. The fourth-order valence-electron chi connectivity index (χ4n) is 2.25. The van der Waals surface area contributed by atoms with Gasteiger partial charge < -0.3 is 9.84 Å². The molecule has 3 heteroatoms. The van der Waals surface area contributed by atoms with Crippen LogP contribution in [0.1, 0.15) is 26.7 Å². The van der Waals surface area contributed by atoms with Crippen molar-refractivity contribution in [1.82, 2.24) is 0 Å². The molecule has 2 nitrogen and oxygen atoms in total. The number of hydrogen-bond acceptors (Lipinski definition) is 2. The molecule has 2 rings (SSSR count). The molecule has 0 radical (unpaired) electrons. The van der Waals surface area contributed by atoms with Crippen LogP contribution in [-0.2, 0) is 4.74 Å². The lowest BCUT2D eigenvalue weighted by Gasteiger charge is -2.42. The molecule has 1 aliphatic heterocycles. The first-order chi connectivity index (χ1) is 4.97. The zero-order valence-corrected chi connectivity index (χ0v) is 7.56. The van der Waals surface area contributed by atoms with Crippen LogP contribution in [0.4, 0.5) is 0 Å². The molecule has 0 spiro atoms. The predicted molar refractivity (Wildman–Crippen MR) is 42.5 cm³/mol. The first-order valence-electron chi connectivity index (χ1n) is 4.01. The second kappa shape index (κ2) is 1.93. The van der Waals surface area contributed by atoms with E-state index in [-0.39, 0.29) is 5.60 Å². The largest absolute Gasteiger partial charge is 0.366 e. The highest BCUT2D eigenvalue weighted by atomic mass is 35.5. The van der Waals surface area contributed by atoms with E-state index in [1.807, 2.05) is 13.8 Å². The van der Waals surface area contributed by atoms with Crippen molar-refractivity contribution in [1.29, 1.82) is 0 Å². The third-order valence-corrected chi connectivity index (χ3v) is 3.70. The van der Waals surface area contributed by atoms with Crippen LogP contribution >= 0.6 is 11.6 Å². The molecule has 1 N–H and O–H groups in total. The summed E-state index contributed by atoms with van der Waals surface area (Å²) >= 11 is 6.16. The molecular weight excluding hydrogens is 164 g/mol. The molecule has 3 atom stereocenters. The molecule has 2 aliphatic rings. The summed E-state index contributed by atoms with van der Waals surface area (Å²) in [4.78, 5) is -0.469. The molecule has 1 saturated heterocycles. The number of halogens is 1. The summed E-state index contributed by atoms with van der Waals surface area (Å²) in [6.45, 7) is 3.98. The summed E-state index contributed by atoms with van der Waals surface area (Å²) in [6.07, 6.45) is 1.19. The fraction of sp³-hybridized carbons (Fsp3) is 1.00. The van der Waals surface area contributed by atoms with E-state index in [0.29, 0.717) is 5.92 Å². The second-order valence-electron chi connectivity index (χ2n) is 4.09. The standard InChI is InChI=1S/C8H13ClO2/c1-7(2)5-3-4-8(5,9)6(10)11-7/h5-6,10H,3-4H2,1-2H3/t5-,6+,8+/m1/s1. The molecule has 0 bridgehead atoms. The van der Waals surface area contributed by atoms with Crippen LogP contribution in [0.5, 0.6) is 0 Å². The summed E-state index contributed by atoms with van der Waals surface area (Å²) in [5.41, 5.74) is -0.237. The molecule has 0 unspecified atom stereocenters. The summed E-state index contributed by atoms with van der Waals surface area (Å²) in [7, 11) is 0. The zero-order valence-electron chi connectivity index (χ0n) is 6.80. The topological polar surface area (TPSA) is 29.5 Å². The van der Waals surface area contributed by atoms with Gasteiger partial charge >= 0.3 is 0 Å².